The van der Waals surface area contributed by atoms with E-state index >= 15 is 0 Å². The first-order valence-corrected chi connectivity index (χ1v) is 21.0. The van der Waals surface area contributed by atoms with Crippen molar-refractivity contribution in [1.29, 1.82) is 0 Å². The SMILES string of the molecule is CC1=CN2C=Cc3cc(-c4ccccc4-c4c(C)c(C)c(-c5ccccc5-c5c[c-]c(C6[N-]C=CN6c6c(C(C)C)cccc6C(C)C)cc5)c(C)c4C)c[c-]c3C2[N-]1.[Ir].[Ir]. The fourth-order valence-corrected chi connectivity index (χ4v) is 9.50. The summed E-state index contributed by atoms with van der Waals surface area (Å²) in [5, 5.41) is 9.83. The normalized spacial score (nSPS) is 16.1. The first-order valence-electron chi connectivity index (χ1n) is 21.0. The van der Waals surface area contributed by atoms with Crippen LogP contribution in [0, 0.1) is 39.8 Å². The molecule has 6 aromatic carbocycles. The molecule has 4 nitrogen and oxygen atoms in total. The number of benzene rings is 6. The third kappa shape index (κ3) is 7.78. The van der Waals surface area contributed by atoms with Crippen molar-refractivity contribution in [2.75, 3.05) is 4.90 Å². The molecule has 0 fully saturated rings. The Balaban J connectivity index is 0.00000281. The van der Waals surface area contributed by atoms with Gasteiger partial charge < -0.3 is 20.4 Å². The number of anilines is 1. The van der Waals surface area contributed by atoms with E-state index in [0.29, 0.717) is 11.8 Å². The first-order chi connectivity index (χ1) is 28.5. The van der Waals surface area contributed by atoms with E-state index in [9.17, 15) is 0 Å². The van der Waals surface area contributed by atoms with Crippen molar-refractivity contribution in [2.24, 2.45) is 0 Å². The molecule has 3 aliphatic heterocycles. The number of allylic oxidation sites excluding steroid dienone is 1. The van der Waals surface area contributed by atoms with Crippen LogP contribution in [0.3, 0.4) is 0 Å². The van der Waals surface area contributed by atoms with Crippen LogP contribution in [0.2, 0.25) is 0 Å². The quantitative estimate of drug-likeness (QED) is 0.142. The minimum absolute atomic E-state index is 0. The number of nitrogens with zero attached hydrogens (tertiary/aromatic N) is 4. The molecule has 0 amide bonds. The van der Waals surface area contributed by atoms with Gasteiger partial charge in [0.15, 0.2) is 0 Å². The molecule has 2 radical (unpaired) electrons. The van der Waals surface area contributed by atoms with Crippen LogP contribution in [0.1, 0.15) is 109 Å². The van der Waals surface area contributed by atoms with E-state index in [-0.39, 0.29) is 52.5 Å². The third-order valence-corrected chi connectivity index (χ3v) is 12.7. The van der Waals surface area contributed by atoms with Gasteiger partial charge in [-0.3, -0.25) is 0 Å². The maximum absolute atomic E-state index is 4.97. The molecule has 0 aromatic heterocycles. The molecule has 9 rings (SSSR count). The van der Waals surface area contributed by atoms with Gasteiger partial charge in [-0.2, -0.15) is 54.2 Å². The summed E-state index contributed by atoms with van der Waals surface area (Å²) in [7, 11) is 0. The van der Waals surface area contributed by atoms with E-state index < -0.39 is 0 Å². The standard InChI is InChI=1S/C55H52N4.2Ir/c1-33(2)44-19-14-20-45(34(3)4)53(44)59-30-28-56-54(59)41-23-21-40(22-24-41)46-15-10-12-17-49(46)51-36(6)38(8)52(39(9)37(51)7)50-18-13-11-16-47(50)42-25-26-48-43(31-42)27-29-58-32-35(5)57-55(48)58;;/h10-23,25,27-34,54-55H,1-9H3;;/q-4;;. The van der Waals surface area contributed by atoms with Crippen LogP contribution in [0.25, 0.3) is 61.2 Å². The summed E-state index contributed by atoms with van der Waals surface area (Å²) in [6.07, 6.45) is 10.3. The second kappa shape index (κ2) is 17.8. The molecule has 2 unspecified atom stereocenters. The molecule has 0 aliphatic carbocycles. The van der Waals surface area contributed by atoms with Gasteiger partial charge in [0, 0.05) is 45.9 Å². The third-order valence-electron chi connectivity index (χ3n) is 12.7. The fourth-order valence-electron chi connectivity index (χ4n) is 9.50. The largest absolute Gasteiger partial charge is 0.668 e. The molecule has 61 heavy (non-hydrogen) atoms. The van der Waals surface area contributed by atoms with Crippen molar-refractivity contribution >= 4 is 11.8 Å². The number of hydrogen-bond acceptors (Lipinski definition) is 2. The molecule has 3 aliphatic rings. The Labute approximate surface area is 390 Å². The van der Waals surface area contributed by atoms with E-state index in [2.05, 4.69) is 206 Å². The predicted molar refractivity (Wildman–Crippen MR) is 248 cm³/mol. The molecule has 314 valence electrons. The molecule has 6 aromatic rings. The van der Waals surface area contributed by atoms with Gasteiger partial charge in [-0.1, -0.05) is 119 Å². The average Bonchev–Trinajstić information content (AvgIpc) is 3.90. The van der Waals surface area contributed by atoms with Crippen LogP contribution >= 0.6 is 0 Å². The van der Waals surface area contributed by atoms with Gasteiger partial charge in [0.05, 0.1) is 0 Å². The van der Waals surface area contributed by atoms with Crippen molar-refractivity contribution in [3.05, 3.63) is 200 Å². The van der Waals surface area contributed by atoms with Gasteiger partial charge >= 0.3 is 0 Å². The fraction of sp³-hybridized carbons (Fsp3) is 0.236. The van der Waals surface area contributed by atoms with Crippen LogP contribution in [-0.4, -0.2) is 4.90 Å². The molecule has 0 bridgehead atoms. The van der Waals surface area contributed by atoms with Crippen molar-refractivity contribution in [1.82, 2.24) is 4.90 Å². The van der Waals surface area contributed by atoms with E-state index in [4.69, 9.17) is 10.6 Å². The van der Waals surface area contributed by atoms with E-state index in [0.717, 1.165) is 28.0 Å². The molecular formula is C55H52Ir2N4-4. The maximum atomic E-state index is 4.97. The zero-order chi connectivity index (χ0) is 41.1. The minimum Gasteiger partial charge on any atom is -0.668 e. The predicted octanol–water partition coefficient (Wildman–Crippen LogP) is 15.3. The summed E-state index contributed by atoms with van der Waals surface area (Å²) in [6, 6.07) is 42.8. The Bertz CT molecular complexity index is 2650. The van der Waals surface area contributed by atoms with E-state index in [1.165, 1.54) is 78.0 Å². The van der Waals surface area contributed by atoms with E-state index in [1.54, 1.807) is 0 Å². The molecule has 0 N–H and O–H groups in total. The second-order valence-electron chi connectivity index (χ2n) is 17.0. The Morgan fingerprint density at radius 3 is 1.70 bits per heavy atom. The maximum Gasteiger partial charge on any atom is 0.0466 e. The topological polar surface area (TPSA) is 34.7 Å². The van der Waals surface area contributed by atoms with Crippen molar-refractivity contribution in [2.45, 2.75) is 86.5 Å². The smallest absolute Gasteiger partial charge is 0.0466 e. The van der Waals surface area contributed by atoms with Crippen LogP contribution < -0.4 is 4.90 Å². The van der Waals surface area contributed by atoms with Crippen LogP contribution in [0.5, 0.6) is 0 Å². The van der Waals surface area contributed by atoms with Gasteiger partial charge in [0.2, 0.25) is 0 Å². The van der Waals surface area contributed by atoms with Crippen molar-refractivity contribution < 1.29 is 40.2 Å². The summed E-state index contributed by atoms with van der Waals surface area (Å²) in [5.74, 6) is 0.792. The Morgan fingerprint density at radius 2 is 1.15 bits per heavy atom. The number of para-hydroxylation sites is 1. The van der Waals surface area contributed by atoms with Gasteiger partial charge in [0.1, 0.15) is 0 Å². The van der Waals surface area contributed by atoms with Gasteiger partial charge in [-0.25, -0.2) is 0 Å². The van der Waals surface area contributed by atoms with Crippen LogP contribution in [0.15, 0.2) is 128 Å². The summed E-state index contributed by atoms with van der Waals surface area (Å²) in [6.45, 7) is 20.3. The Kier molecular flexibility index (Phi) is 12.9. The molecular weight excluding hydrogens is 1100 g/mol. The molecule has 6 heteroatoms. The zero-order valence-corrected chi connectivity index (χ0v) is 41.2. The van der Waals surface area contributed by atoms with Gasteiger partial charge in [-0.15, -0.1) is 28.0 Å². The van der Waals surface area contributed by atoms with Crippen molar-refractivity contribution in [3.8, 4) is 44.5 Å². The number of fused-ring (bicyclic) bond motifs is 3. The molecule has 0 saturated carbocycles. The van der Waals surface area contributed by atoms with Crippen molar-refractivity contribution in [3.63, 3.8) is 0 Å². The van der Waals surface area contributed by atoms with E-state index in [1.807, 2.05) is 6.20 Å². The average molecular weight is 1150 g/mol. The zero-order valence-electron chi connectivity index (χ0n) is 36.4. The van der Waals surface area contributed by atoms with Gasteiger partial charge in [0.25, 0.3) is 0 Å². The van der Waals surface area contributed by atoms with Crippen LogP contribution in [0.4, 0.5) is 5.69 Å². The summed E-state index contributed by atoms with van der Waals surface area (Å²) in [4.78, 5) is 4.52. The molecule has 0 spiro atoms. The summed E-state index contributed by atoms with van der Waals surface area (Å²) >= 11 is 0. The molecule has 0 saturated heterocycles. The summed E-state index contributed by atoms with van der Waals surface area (Å²) < 4.78 is 0. The van der Waals surface area contributed by atoms with Gasteiger partial charge in [-0.05, 0) is 126 Å². The Morgan fingerprint density at radius 1 is 0.590 bits per heavy atom. The first kappa shape index (κ1) is 44.1. The van der Waals surface area contributed by atoms with Crippen LogP contribution in [-0.2, 0) is 40.2 Å². The second-order valence-corrected chi connectivity index (χ2v) is 17.0. The number of rotatable bonds is 8. The molecule has 3 heterocycles. The minimum atomic E-state index is -0.160. The monoisotopic (exact) mass is 1150 g/mol. The number of hydrogen-bond donors (Lipinski definition) is 0. The Hall–Kier alpha value is -4.96. The molecule has 2 atom stereocenters. The summed E-state index contributed by atoms with van der Waals surface area (Å²) in [5.41, 5.74) is 23.4.